The molecule has 9 heteroatoms. The third-order valence-corrected chi connectivity index (χ3v) is 7.21. The van der Waals surface area contributed by atoms with Crippen LogP contribution in [0, 0.1) is 5.92 Å². The molecule has 2 heterocycles. The van der Waals surface area contributed by atoms with E-state index in [0.717, 1.165) is 15.7 Å². The predicted molar refractivity (Wildman–Crippen MR) is 142 cm³/mol. The molecule has 5 rings (SSSR count). The van der Waals surface area contributed by atoms with Crippen molar-refractivity contribution in [1.82, 2.24) is 5.32 Å². The van der Waals surface area contributed by atoms with E-state index in [1.165, 1.54) is 0 Å². The quantitative estimate of drug-likeness (QED) is 0.417. The summed E-state index contributed by atoms with van der Waals surface area (Å²) in [6.07, 6.45) is 0. The molecule has 0 aliphatic carbocycles. The summed E-state index contributed by atoms with van der Waals surface area (Å²) in [5.41, 5.74) is 1.11. The standard InChI is InChI=1S/C26H24BrN3O4S/c1-26-21(24(31)28-16-10-12-18(32-2)13-11-16)22(19-8-5-9-20(33-3)23(19)34-26)29-25(35)30(26)17-7-4-6-15(27)14-17/h4-14,21-22H,1-3H3,(H,28,31)(H,29,35)/t21-,22+,26+/m1/s1. The van der Waals surface area contributed by atoms with Crippen LogP contribution in [0.15, 0.2) is 71.2 Å². The van der Waals surface area contributed by atoms with Crippen LogP contribution in [0.4, 0.5) is 11.4 Å². The Hall–Kier alpha value is -3.30. The summed E-state index contributed by atoms with van der Waals surface area (Å²) < 4.78 is 18.4. The molecule has 2 bridgehead atoms. The SMILES string of the molecule is COc1ccc(NC(=O)[C@H]2[C@H]3NC(=S)N(c4cccc(Br)c4)[C@@]2(C)Oc2c(OC)cccc23)cc1. The molecule has 180 valence electrons. The van der Waals surface area contributed by atoms with Crippen molar-refractivity contribution in [3.8, 4) is 17.2 Å². The average molecular weight is 554 g/mol. The molecule has 35 heavy (non-hydrogen) atoms. The number of carbonyl (C=O) groups is 1. The lowest BCUT2D eigenvalue weighted by atomic mass is 9.78. The van der Waals surface area contributed by atoms with Crippen LogP contribution in [0.2, 0.25) is 0 Å². The zero-order valence-corrected chi connectivity index (χ0v) is 21.8. The van der Waals surface area contributed by atoms with Gasteiger partial charge in [-0.05, 0) is 67.7 Å². The van der Waals surface area contributed by atoms with Gasteiger partial charge in [0.1, 0.15) is 11.7 Å². The van der Waals surface area contributed by atoms with Crippen molar-refractivity contribution in [2.75, 3.05) is 24.4 Å². The maximum atomic E-state index is 13.9. The molecule has 0 saturated carbocycles. The minimum absolute atomic E-state index is 0.203. The average Bonchev–Trinajstić information content (AvgIpc) is 2.83. The number of halogens is 1. The number of para-hydroxylation sites is 1. The minimum atomic E-state index is -1.15. The molecule has 1 saturated heterocycles. The number of nitrogens with zero attached hydrogens (tertiary/aromatic N) is 1. The van der Waals surface area contributed by atoms with Gasteiger partial charge >= 0.3 is 0 Å². The number of carbonyl (C=O) groups excluding carboxylic acids is 1. The van der Waals surface area contributed by atoms with Gasteiger partial charge in [0.25, 0.3) is 0 Å². The van der Waals surface area contributed by atoms with E-state index >= 15 is 0 Å². The molecule has 3 aromatic carbocycles. The van der Waals surface area contributed by atoms with Crippen molar-refractivity contribution in [3.05, 3.63) is 76.8 Å². The first-order chi connectivity index (χ1) is 16.9. The summed E-state index contributed by atoms with van der Waals surface area (Å²) in [5.74, 6) is 1.03. The fraction of sp³-hybridized carbons (Fsp3) is 0.231. The lowest BCUT2D eigenvalue weighted by Crippen LogP contribution is -2.72. The van der Waals surface area contributed by atoms with Crippen LogP contribution in [-0.2, 0) is 4.79 Å². The van der Waals surface area contributed by atoms with Crippen LogP contribution in [0.1, 0.15) is 18.5 Å². The number of thiocarbonyl (C=S) groups is 1. The van der Waals surface area contributed by atoms with Gasteiger partial charge in [0.15, 0.2) is 22.3 Å². The highest BCUT2D eigenvalue weighted by Gasteiger charge is 2.59. The van der Waals surface area contributed by atoms with E-state index in [-0.39, 0.29) is 5.91 Å². The number of benzene rings is 3. The number of methoxy groups -OCH3 is 2. The first-order valence-electron chi connectivity index (χ1n) is 11.0. The molecule has 1 fully saturated rings. The van der Waals surface area contributed by atoms with Gasteiger partial charge in [0, 0.05) is 21.4 Å². The second kappa shape index (κ2) is 9.05. The Morgan fingerprint density at radius 2 is 1.86 bits per heavy atom. The maximum absolute atomic E-state index is 13.9. The highest BCUT2D eigenvalue weighted by Crippen LogP contribution is 2.52. The Morgan fingerprint density at radius 1 is 1.11 bits per heavy atom. The molecule has 3 atom stereocenters. The van der Waals surface area contributed by atoms with Gasteiger partial charge < -0.3 is 24.8 Å². The van der Waals surface area contributed by atoms with Gasteiger partial charge in [0.05, 0.1) is 20.3 Å². The molecule has 0 aromatic heterocycles. The second-order valence-electron chi connectivity index (χ2n) is 8.47. The summed E-state index contributed by atoms with van der Waals surface area (Å²) in [5, 5.41) is 6.93. The van der Waals surface area contributed by atoms with E-state index < -0.39 is 17.7 Å². The highest BCUT2D eigenvalue weighted by atomic mass is 79.9. The fourth-order valence-corrected chi connectivity index (χ4v) is 5.63. The maximum Gasteiger partial charge on any atom is 0.236 e. The molecule has 2 aliphatic heterocycles. The van der Waals surface area contributed by atoms with Crippen molar-refractivity contribution in [3.63, 3.8) is 0 Å². The molecule has 0 spiro atoms. The van der Waals surface area contributed by atoms with E-state index in [4.69, 9.17) is 26.4 Å². The highest BCUT2D eigenvalue weighted by molar-refractivity contribution is 9.10. The van der Waals surface area contributed by atoms with Crippen LogP contribution in [-0.4, -0.2) is 31.0 Å². The smallest absolute Gasteiger partial charge is 0.236 e. The van der Waals surface area contributed by atoms with Crippen molar-refractivity contribution in [2.45, 2.75) is 18.7 Å². The van der Waals surface area contributed by atoms with Gasteiger partial charge in [0.2, 0.25) is 5.91 Å². The zero-order valence-electron chi connectivity index (χ0n) is 19.4. The molecular weight excluding hydrogens is 530 g/mol. The summed E-state index contributed by atoms with van der Waals surface area (Å²) >= 11 is 9.35. The first-order valence-corrected chi connectivity index (χ1v) is 12.2. The Bertz CT molecular complexity index is 1300. The Labute approximate surface area is 217 Å². The number of nitrogens with one attached hydrogen (secondary N) is 2. The van der Waals surface area contributed by atoms with Gasteiger partial charge in [-0.15, -0.1) is 0 Å². The molecule has 0 radical (unpaired) electrons. The van der Waals surface area contributed by atoms with E-state index in [0.29, 0.717) is 28.0 Å². The van der Waals surface area contributed by atoms with Crippen LogP contribution >= 0.6 is 28.1 Å². The third kappa shape index (κ3) is 3.98. The molecule has 0 unspecified atom stereocenters. The first kappa shape index (κ1) is 23.4. The minimum Gasteiger partial charge on any atom is -0.497 e. The Morgan fingerprint density at radius 3 is 2.54 bits per heavy atom. The molecular formula is C26H24BrN3O4S. The number of rotatable bonds is 5. The molecule has 2 N–H and O–H groups in total. The Kier molecular flexibility index (Phi) is 6.06. The number of fused-ring (bicyclic) bond motifs is 4. The third-order valence-electron chi connectivity index (χ3n) is 6.42. The summed E-state index contributed by atoms with van der Waals surface area (Å²) in [7, 11) is 3.20. The topological polar surface area (TPSA) is 72.1 Å². The molecule has 2 aliphatic rings. The van der Waals surface area contributed by atoms with Gasteiger partial charge in [-0.2, -0.15) is 0 Å². The van der Waals surface area contributed by atoms with E-state index in [1.54, 1.807) is 38.5 Å². The van der Waals surface area contributed by atoms with Gasteiger partial charge in [-0.3, -0.25) is 9.69 Å². The van der Waals surface area contributed by atoms with Crippen LogP contribution in [0.5, 0.6) is 17.2 Å². The lowest BCUT2D eigenvalue weighted by molar-refractivity contribution is -0.130. The van der Waals surface area contributed by atoms with Gasteiger partial charge in [-0.25, -0.2) is 0 Å². The number of hydrogen-bond acceptors (Lipinski definition) is 5. The van der Waals surface area contributed by atoms with Crippen LogP contribution < -0.4 is 29.7 Å². The van der Waals surface area contributed by atoms with Crippen LogP contribution in [0.3, 0.4) is 0 Å². The van der Waals surface area contributed by atoms with E-state index in [1.807, 2.05) is 54.3 Å². The van der Waals surface area contributed by atoms with Crippen molar-refractivity contribution >= 4 is 50.5 Å². The van der Waals surface area contributed by atoms with E-state index in [2.05, 4.69) is 26.6 Å². The van der Waals surface area contributed by atoms with Crippen LogP contribution in [0.25, 0.3) is 0 Å². The fourth-order valence-electron chi connectivity index (χ4n) is 4.83. The molecule has 1 amide bonds. The van der Waals surface area contributed by atoms with Crippen molar-refractivity contribution < 1.29 is 19.0 Å². The lowest BCUT2D eigenvalue weighted by Gasteiger charge is -2.56. The number of ether oxygens (including phenoxy) is 3. The Balaban J connectivity index is 1.62. The second-order valence-corrected chi connectivity index (χ2v) is 9.78. The summed E-state index contributed by atoms with van der Waals surface area (Å²) in [6, 6.07) is 20.2. The monoisotopic (exact) mass is 553 g/mol. The summed E-state index contributed by atoms with van der Waals surface area (Å²) in [4.78, 5) is 15.7. The molecule has 7 nitrogen and oxygen atoms in total. The number of hydrogen-bond donors (Lipinski definition) is 2. The van der Waals surface area contributed by atoms with Crippen molar-refractivity contribution in [2.24, 2.45) is 5.92 Å². The molecule has 3 aromatic rings. The number of amides is 1. The van der Waals surface area contributed by atoms with Gasteiger partial charge in [-0.1, -0.05) is 34.1 Å². The summed E-state index contributed by atoms with van der Waals surface area (Å²) in [6.45, 7) is 1.89. The zero-order chi connectivity index (χ0) is 24.7. The predicted octanol–water partition coefficient (Wildman–Crippen LogP) is 5.27. The van der Waals surface area contributed by atoms with Crippen molar-refractivity contribution in [1.29, 1.82) is 0 Å². The largest absolute Gasteiger partial charge is 0.497 e. The normalized spacial score (nSPS) is 22.4. The number of anilines is 2. The van der Waals surface area contributed by atoms with E-state index in [9.17, 15) is 4.79 Å².